The molecule has 2 heterocycles. The Hall–Kier alpha value is -0.480. The normalized spacial score (nSPS) is 35.6. The summed E-state index contributed by atoms with van der Waals surface area (Å²) in [5.74, 6) is 0.228. The van der Waals surface area contributed by atoms with Crippen LogP contribution >= 0.6 is 12.2 Å². The van der Waals surface area contributed by atoms with Crippen LogP contribution in [-0.2, 0) is 4.79 Å². The second-order valence-corrected chi connectivity index (χ2v) is 4.33. The fourth-order valence-corrected chi connectivity index (χ4v) is 2.25. The summed E-state index contributed by atoms with van der Waals surface area (Å²) >= 11 is 4.90. The molecule has 0 bridgehead atoms. The molecule has 0 aliphatic carbocycles. The van der Waals surface area contributed by atoms with Crippen LogP contribution in [0, 0.1) is 5.41 Å². The van der Waals surface area contributed by atoms with Crippen LogP contribution in [-0.4, -0.2) is 41.9 Å². The molecule has 0 aromatic rings. The summed E-state index contributed by atoms with van der Waals surface area (Å²) < 4.78 is 0. The van der Waals surface area contributed by atoms with Crippen molar-refractivity contribution in [1.82, 2.24) is 10.2 Å². The molecule has 4 heteroatoms. The first-order valence-electron chi connectivity index (χ1n) is 4.66. The fraction of sp³-hybridized carbons (Fsp3) is 0.778. The van der Waals surface area contributed by atoms with E-state index in [1.807, 2.05) is 0 Å². The van der Waals surface area contributed by atoms with Gasteiger partial charge in [-0.05, 0) is 25.3 Å². The smallest absolute Gasteiger partial charge is 0.229 e. The highest BCUT2D eigenvalue weighted by Gasteiger charge is 2.51. The van der Waals surface area contributed by atoms with Crippen molar-refractivity contribution in [3.8, 4) is 0 Å². The second kappa shape index (κ2) is 3.03. The van der Waals surface area contributed by atoms with Gasteiger partial charge in [0.2, 0.25) is 5.91 Å². The van der Waals surface area contributed by atoms with Crippen LogP contribution in [0.3, 0.4) is 0 Å². The molecule has 0 aromatic heterocycles. The molecule has 1 amide bonds. The number of nitrogens with zero attached hydrogens (tertiary/aromatic N) is 1. The van der Waals surface area contributed by atoms with Crippen LogP contribution in [0.1, 0.15) is 13.3 Å². The van der Waals surface area contributed by atoms with Crippen molar-refractivity contribution in [2.45, 2.75) is 19.4 Å². The molecule has 3 nitrogen and oxygen atoms in total. The monoisotopic (exact) mass is 198 g/mol. The predicted molar refractivity (Wildman–Crippen MR) is 54.7 cm³/mol. The minimum Gasteiger partial charge on any atom is -0.354 e. The summed E-state index contributed by atoms with van der Waals surface area (Å²) in [5.41, 5.74) is -0.0629. The molecular weight excluding hydrogens is 184 g/mol. The van der Waals surface area contributed by atoms with E-state index in [-0.39, 0.29) is 11.3 Å². The van der Waals surface area contributed by atoms with Gasteiger partial charge in [0, 0.05) is 19.1 Å². The zero-order valence-electron chi connectivity index (χ0n) is 7.75. The van der Waals surface area contributed by atoms with Gasteiger partial charge in [0.1, 0.15) is 0 Å². The highest BCUT2D eigenvalue weighted by molar-refractivity contribution is 7.79. The third-order valence-electron chi connectivity index (χ3n) is 3.23. The average Bonchev–Trinajstić information content (AvgIpc) is 2.61. The van der Waals surface area contributed by atoms with Gasteiger partial charge in [0.25, 0.3) is 0 Å². The van der Waals surface area contributed by atoms with E-state index >= 15 is 0 Å². The van der Waals surface area contributed by atoms with Gasteiger partial charge in [0.05, 0.1) is 5.41 Å². The van der Waals surface area contributed by atoms with Crippen molar-refractivity contribution >= 4 is 23.5 Å². The zero-order chi connectivity index (χ0) is 9.47. The van der Waals surface area contributed by atoms with E-state index in [1.165, 1.54) is 0 Å². The summed E-state index contributed by atoms with van der Waals surface area (Å²) in [5, 5.41) is 4.59. The molecule has 2 aliphatic rings. The number of amides is 1. The Bertz CT molecular complexity index is 256. The van der Waals surface area contributed by atoms with Gasteiger partial charge in [-0.2, -0.15) is 0 Å². The molecule has 1 N–H and O–H groups in total. The Morgan fingerprint density at radius 1 is 1.77 bits per heavy atom. The number of hydrogen-bond acceptors (Lipinski definition) is 3. The molecule has 0 radical (unpaired) electrons. The predicted octanol–water partition coefficient (Wildman–Crippen LogP) is 0.196. The van der Waals surface area contributed by atoms with Crippen LogP contribution in [0.15, 0.2) is 0 Å². The lowest BCUT2D eigenvalue weighted by atomic mass is 9.80. The van der Waals surface area contributed by atoms with Gasteiger partial charge in [-0.15, -0.1) is 0 Å². The number of thiocarbonyl (C=S) groups is 1. The van der Waals surface area contributed by atoms with E-state index in [0.717, 1.165) is 26.1 Å². The molecule has 0 aromatic carbocycles. The number of carbonyl (C=O) groups is 1. The number of hydrogen-bond donors (Lipinski definition) is 1. The summed E-state index contributed by atoms with van der Waals surface area (Å²) in [6.07, 6.45) is 0.992. The first kappa shape index (κ1) is 9.09. The molecule has 2 rings (SSSR count). The minimum absolute atomic E-state index is 0.0629. The van der Waals surface area contributed by atoms with E-state index < -0.39 is 0 Å². The fourth-order valence-electron chi connectivity index (χ4n) is 2.08. The topological polar surface area (TPSA) is 32.3 Å². The van der Waals surface area contributed by atoms with Crippen LogP contribution in [0.5, 0.6) is 0 Å². The summed E-state index contributed by atoms with van der Waals surface area (Å²) in [6, 6.07) is 0.322. The number of nitrogens with one attached hydrogen (secondary N) is 1. The molecule has 0 saturated carbocycles. The van der Waals surface area contributed by atoms with E-state index in [0.29, 0.717) is 6.04 Å². The van der Waals surface area contributed by atoms with Crippen LogP contribution in [0.2, 0.25) is 0 Å². The maximum absolute atomic E-state index is 11.3. The Morgan fingerprint density at radius 3 is 2.92 bits per heavy atom. The first-order valence-corrected chi connectivity index (χ1v) is 5.13. The number of carbonyl (C=O) groups excluding carboxylic acids is 1. The molecule has 2 atom stereocenters. The van der Waals surface area contributed by atoms with Crippen molar-refractivity contribution in [1.29, 1.82) is 0 Å². The molecule has 72 valence electrons. The van der Waals surface area contributed by atoms with Crippen molar-refractivity contribution in [2.24, 2.45) is 5.41 Å². The van der Waals surface area contributed by atoms with Crippen LogP contribution in [0.4, 0.5) is 0 Å². The lowest BCUT2D eigenvalue weighted by Gasteiger charge is -2.37. The average molecular weight is 198 g/mol. The van der Waals surface area contributed by atoms with Crippen molar-refractivity contribution < 1.29 is 4.79 Å². The number of β-lactam (4-membered cyclic amide) rings is 1. The van der Waals surface area contributed by atoms with Crippen LogP contribution < -0.4 is 5.32 Å². The standard InChI is InChI=1S/C9H14N2OS/c1-7(4-13)11-3-2-9(6-11)5-10-8(9)12/h4,7H,2-3,5-6H2,1H3,(H,10,12). The third kappa shape index (κ3) is 1.28. The van der Waals surface area contributed by atoms with Crippen molar-refractivity contribution in [2.75, 3.05) is 19.6 Å². The highest BCUT2D eigenvalue weighted by atomic mass is 32.1. The largest absolute Gasteiger partial charge is 0.354 e. The van der Waals surface area contributed by atoms with Crippen LogP contribution in [0.25, 0.3) is 0 Å². The second-order valence-electron chi connectivity index (χ2n) is 4.06. The van der Waals surface area contributed by atoms with Crippen molar-refractivity contribution in [3.63, 3.8) is 0 Å². The maximum Gasteiger partial charge on any atom is 0.229 e. The minimum atomic E-state index is -0.0629. The van der Waals surface area contributed by atoms with E-state index in [9.17, 15) is 4.79 Å². The Morgan fingerprint density at radius 2 is 2.54 bits per heavy atom. The molecular formula is C9H14N2OS. The SMILES string of the molecule is CC(C=S)N1CCC2(CNC2=O)C1. The lowest BCUT2D eigenvalue weighted by molar-refractivity contribution is -0.138. The Balaban J connectivity index is 2.01. The molecule has 2 saturated heterocycles. The quantitative estimate of drug-likeness (QED) is 0.508. The van der Waals surface area contributed by atoms with E-state index in [1.54, 1.807) is 5.37 Å². The highest BCUT2D eigenvalue weighted by Crippen LogP contribution is 2.35. The Kier molecular flexibility index (Phi) is 2.12. The maximum atomic E-state index is 11.3. The molecule has 1 spiro atoms. The summed E-state index contributed by atoms with van der Waals surface area (Å²) in [4.78, 5) is 13.6. The first-order chi connectivity index (χ1) is 6.18. The van der Waals surface area contributed by atoms with Crippen molar-refractivity contribution in [3.05, 3.63) is 0 Å². The molecule has 2 fully saturated rings. The van der Waals surface area contributed by atoms with Gasteiger partial charge in [-0.25, -0.2) is 0 Å². The Labute approximate surface area is 83.5 Å². The van der Waals surface area contributed by atoms with Gasteiger partial charge in [-0.1, -0.05) is 12.2 Å². The van der Waals surface area contributed by atoms with E-state index in [2.05, 4.69) is 17.1 Å². The van der Waals surface area contributed by atoms with Gasteiger partial charge >= 0.3 is 0 Å². The zero-order valence-corrected chi connectivity index (χ0v) is 8.56. The van der Waals surface area contributed by atoms with Gasteiger partial charge < -0.3 is 5.32 Å². The van der Waals surface area contributed by atoms with Gasteiger partial charge in [0.15, 0.2) is 0 Å². The third-order valence-corrected chi connectivity index (χ3v) is 3.62. The molecule has 13 heavy (non-hydrogen) atoms. The lowest BCUT2D eigenvalue weighted by Crippen LogP contribution is -2.60. The summed E-state index contributed by atoms with van der Waals surface area (Å²) in [7, 11) is 0. The van der Waals surface area contributed by atoms with E-state index in [4.69, 9.17) is 12.2 Å². The summed E-state index contributed by atoms with van der Waals surface area (Å²) in [6.45, 7) is 4.82. The molecule has 2 unspecified atom stereocenters. The number of rotatable bonds is 2. The molecule has 2 aliphatic heterocycles. The number of likely N-dealkylation sites (tertiary alicyclic amines) is 1. The van der Waals surface area contributed by atoms with Gasteiger partial charge in [-0.3, -0.25) is 9.69 Å².